The van der Waals surface area contributed by atoms with E-state index in [1.54, 1.807) is 32.1 Å². The second-order valence-electron chi connectivity index (χ2n) is 6.90. The van der Waals surface area contributed by atoms with Gasteiger partial charge in [-0.05, 0) is 55.8 Å². The molecule has 2 atom stereocenters. The van der Waals surface area contributed by atoms with Gasteiger partial charge in [0.05, 0.1) is 0 Å². The number of fused-ring (bicyclic) bond motifs is 2. The summed E-state index contributed by atoms with van der Waals surface area (Å²) in [5.74, 6) is 5.28. The second kappa shape index (κ2) is 5.76. The Kier molecular flexibility index (Phi) is 4.08. The molecule has 97 valence electrons. The number of rotatable bonds is 1. The molecule has 3 aliphatic carbocycles. The third kappa shape index (κ3) is 2.88. The molecule has 3 saturated carbocycles. The van der Waals surface area contributed by atoms with Crippen molar-refractivity contribution in [1.29, 1.82) is 0 Å². The highest BCUT2D eigenvalue weighted by Gasteiger charge is 2.42. The van der Waals surface area contributed by atoms with Gasteiger partial charge >= 0.3 is 0 Å². The Hall–Kier alpha value is 0. The van der Waals surface area contributed by atoms with Gasteiger partial charge in [0, 0.05) is 0 Å². The van der Waals surface area contributed by atoms with Crippen molar-refractivity contribution in [3.63, 3.8) is 0 Å². The molecule has 0 aromatic heterocycles. The van der Waals surface area contributed by atoms with E-state index in [0.29, 0.717) is 0 Å². The third-order valence-corrected chi connectivity index (χ3v) is 5.72. The van der Waals surface area contributed by atoms with E-state index in [0.717, 1.165) is 17.8 Å². The van der Waals surface area contributed by atoms with Gasteiger partial charge in [-0.2, -0.15) is 0 Å². The van der Waals surface area contributed by atoms with Gasteiger partial charge in [-0.25, -0.2) is 0 Å². The van der Waals surface area contributed by atoms with Gasteiger partial charge in [-0.3, -0.25) is 0 Å². The van der Waals surface area contributed by atoms with Gasteiger partial charge in [0.2, 0.25) is 0 Å². The summed E-state index contributed by atoms with van der Waals surface area (Å²) in [5, 5.41) is 0. The molecular formula is C17H29. The fourth-order valence-corrected chi connectivity index (χ4v) is 4.78. The maximum absolute atomic E-state index is 2.04. The monoisotopic (exact) mass is 233 g/mol. The summed E-state index contributed by atoms with van der Waals surface area (Å²) in [7, 11) is 0. The molecule has 1 radical (unpaired) electrons. The van der Waals surface area contributed by atoms with Gasteiger partial charge in [0.1, 0.15) is 0 Å². The summed E-state index contributed by atoms with van der Waals surface area (Å²) in [6.07, 6.45) is 19.9. The van der Waals surface area contributed by atoms with Crippen LogP contribution in [-0.4, -0.2) is 0 Å². The van der Waals surface area contributed by atoms with Crippen LogP contribution in [0.3, 0.4) is 0 Å². The zero-order valence-electron chi connectivity index (χ0n) is 11.4. The molecule has 0 aromatic carbocycles. The van der Waals surface area contributed by atoms with Crippen LogP contribution >= 0.6 is 0 Å². The van der Waals surface area contributed by atoms with Gasteiger partial charge in [-0.15, -0.1) is 0 Å². The second-order valence-corrected chi connectivity index (χ2v) is 6.90. The molecule has 0 nitrogen and oxygen atoms in total. The fraction of sp³-hybridized carbons (Fsp3) is 0.941. The van der Waals surface area contributed by atoms with E-state index in [2.05, 4.69) is 0 Å². The summed E-state index contributed by atoms with van der Waals surface area (Å²) >= 11 is 0. The van der Waals surface area contributed by atoms with Crippen molar-refractivity contribution < 1.29 is 0 Å². The fourth-order valence-electron chi connectivity index (χ4n) is 4.78. The molecule has 2 unspecified atom stereocenters. The first-order chi connectivity index (χ1) is 8.43. The Balaban J connectivity index is 1.55. The normalized spacial score (nSPS) is 37.4. The number of hydrogen-bond acceptors (Lipinski definition) is 0. The van der Waals surface area contributed by atoms with Crippen LogP contribution in [0.1, 0.15) is 83.5 Å². The summed E-state index contributed by atoms with van der Waals surface area (Å²) in [6, 6.07) is 0. The Bertz CT molecular complexity index is 222. The molecule has 0 saturated heterocycles. The van der Waals surface area contributed by atoms with E-state index in [9.17, 15) is 0 Å². The molecule has 0 aromatic rings. The van der Waals surface area contributed by atoms with Gasteiger partial charge in [0.15, 0.2) is 0 Å². The quantitative estimate of drug-likeness (QED) is 0.559. The minimum absolute atomic E-state index is 1.04. The Morgan fingerprint density at radius 3 is 1.76 bits per heavy atom. The van der Waals surface area contributed by atoms with Crippen molar-refractivity contribution in [2.24, 2.45) is 17.8 Å². The first kappa shape index (κ1) is 12.1. The lowest BCUT2D eigenvalue weighted by molar-refractivity contribution is 0.336. The van der Waals surface area contributed by atoms with Crippen LogP contribution in [0.4, 0.5) is 0 Å². The average molecular weight is 233 g/mol. The van der Waals surface area contributed by atoms with Crippen molar-refractivity contribution in [3.8, 4) is 0 Å². The van der Waals surface area contributed by atoms with E-state index in [-0.39, 0.29) is 0 Å². The summed E-state index contributed by atoms with van der Waals surface area (Å²) in [6.45, 7) is 0. The minimum atomic E-state index is 1.04. The summed E-state index contributed by atoms with van der Waals surface area (Å²) < 4.78 is 0. The summed E-state index contributed by atoms with van der Waals surface area (Å²) in [5.41, 5.74) is 0. The first-order valence-corrected chi connectivity index (χ1v) is 8.29. The molecule has 0 aliphatic heterocycles. The van der Waals surface area contributed by atoms with E-state index in [1.165, 1.54) is 51.4 Å². The zero-order valence-corrected chi connectivity index (χ0v) is 11.4. The van der Waals surface area contributed by atoms with Crippen molar-refractivity contribution in [1.82, 2.24) is 0 Å². The van der Waals surface area contributed by atoms with Gasteiger partial charge < -0.3 is 0 Å². The molecule has 17 heavy (non-hydrogen) atoms. The van der Waals surface area contributed by atoms with Crippen LogP contribution in [0, 0.1) is 23.7 Å². The largest absolute Gasteiger partial charge is 0.0533 e. The highest BCUT2D eigenvalue weighted by atomic mass is 14.5. The molecule has 0 heteroatoms. The maximum atomic E-state index is 2.04. The zero-order chi connectivity index (χ0) is 11.5. The number of hydrogen-bond donors (Lipinski definition) is 0. The topological polar surface area (TPSA) is 0 Å². The van der Waals surface area contributed by atoms with Crippen LogP contribution < -0.4 is 0 Å². The highest BCUT2D eigenvalue weighted by molar-refractivity contribution is 5.12. The molecule has 2 bridgehead atoms. The Morgan fingerprint density at radius 2 is 1.24 bits per heavy atom. The average Bonchev–Trinajstić information content (AvgIpc) is 2.98. The molecule has 0 heterocycles. The maximum Gasteiger partial charge on any atom is -0.0176 e. The minimum Gasteiger partial charge on any atom is -0.0533 e. The molecule has 0 spiro atoms. The van der Waals surface area contributed by atoms with Gasteiger partial charge in [-0.1, -0.05) is 51.4 Å². The Labute approximate surface area is 108 Å². The van der Waals surface area contributed by atoms with E-state index in [1.807, 2.05) is 5.92 Å². The molecule has 3 aliphatic rings. The van der Waals surface area contributed by atoms with Crippen LogP contribution in [-0.2, 0) is 0 Å². The smallest absolute Gasteiger partial charge is 0.0176 e. The molecule has 0 N–H and O–H groups in total. The first-order valence-electron chi connectivity index (χ1n) is 8.29. The van der Waals surface area contributed by atoms with Crippen molar-refractivity contribution in [3.05, 3.63) is 5.92 Å². The van der Waals surface area contributed by atoms with Crippen LogP contribution in [0.5, 0.6) is 0 Å². The Morgan fingerprint density at radius 1 is 0.588 bits per heavy atom. The molecule has 3 rings (SSSR count). The van der Waals surface area contributed by atoms with E-state index < -0.39 is 0 Å². The van der Waals surface area contributed by atoms with Crippen molar-refractivity contribution >= 4 is 0 Å². The van der Waals surface area contributed by atoms with Crippen molar-refractivity contribution in [2.45, 2.75) is 83.5 Å². The molecule has 3 fully saturated rings. The highest BCUT2D eigenvalue weighted by Crippen LogP contribution is 2.54. The van der Waals surface area contributed by atoms with Crippen molar-refractivity contribution in [2.75, 3.05) is 0 Å². The predicted molar refractivity (Wildman–Crippen MR) is 73.7 cm³/mol. The van der Waals surface area contributed by atoms with Crippen LogP contribution in [0.15, 0.2) is 0 Å². The van der Waals surface area contributed by atoms with E-state index in [4.69, 9.17) is 0 Å². The molecule has 0 amide bonds. The predicted octanol–water partition coefficient (Wildman–Crippen LogP) is 5.52. The lowest BCUT2D eigenvalue weighted by atomic mass is 9.74. The summed E-state index contributed by atoms with van der Waals surface area (Å²) in [4.78, 5) is 0. The molecular weight excluding hydrogens is 204 g/mol. The van der Waals surface area contributed by atoms with Crippen LogP contribution in [0.25, 0.3) is 0 Å². The standard InChI is InChI=1S/C17H29/c1-2-4-6-8-15(9-7-5-3-1)17-13-14-10-11-16(17)12-14/h14-16H,1-13H2. The van der Waals surface area contributed by atoms with Crippen LogP contribution in [0.2, 0.25) is 0 Å². The van der Waals surface area contributed by atoms with Gasteiger partial charge in [0.25, 0.3) is 0 Å². The lowest BCUT2D eigenvalue weighted by Gasteiger charge is -2.30. The lowest BCUT2D eigenvalue weighted by Crippen LogP contribution is -2.19. The third-order valence-electron chi connectivity index (χ3n) is 5.72. The SMILES string of the molecule is C1CCCCC([C]2CC3CCC2C3)CCCC1. The van der Waals surface area contributed by atoms with E-state index >= 15 is 0 Å².